The molecule has 5 nitrogen and oxygen atoms in total. The minimum atomic E-state index is -0.143. The first-order valence-corrected chi connectivity index (χ1v) is 6.32. The Morgan fingerprint density at radius 2 is 2.50 bits per heavy atom. The summed E-state index contributed by atoms with van der Waals surface area (Å²) in [5, 5.41) is 3.26. The van der Waals surface area contributed by atoms with Crippen LogP contribution in [0.4, 0.5) is 0 Å². The van der Waals surface area contributed by atoms with Gasteiger partial charge in [0.2, 0.25) is 0 Å². The lowest BCUT2D eigenvalue weighted by Crippen LogP contribution is -2.17. The lowest BCUT2D eigenvalue weighted by atomic mass is 10.5. The van der Waals surface area contributed by atoms with Gasteiger partial charge in [0.1, 0.15) is 5.82 Å². The predicted molar refractivity (Wildman–Crippen MR) is 64.3 cm³/mol. The largest absolute Gasteiger partial charge is 0.469 e. The van der Waals surface area contributed by atoms with Gasteiger partial charge in [0, 0.05) is 30.4 Å². The Morgan fingerprint density at radius 3 is 3.19 bits per heavy atom. The van der Waals surface area contributed by atoms with Crippen LogP contribution in [-0.2, 0) is 16.1 Å². The zero-order chi connectivity index (χ0) is 11.6. The van der Waals surface area contributed by atoms with Gasteiger partial charge in [0.25, 0.3) is 0 Å². The number of esters is 1. The molecule has 6 heteroatoms. The SMILES string of the molecule is COC(=O)CCSCCNCc1ncc[nH]1. The van der Waals surface area contributed by atoms with Crippen molar-refractivity contribution in [2.45, 2.75) is 13.0 Å². The third-order valence-electron chi connectivity index (χ3n) is 1.95. The molecule has 1 heterocycles. The molecule has 0 saturated heterocycles. The molecule has 0 unspecified atom stereocenters. The number of aromatic amines is 1. The van der Waals surface area contributed by atoms with E-state index >= 15 is 0 Å². The average Bonchev–Trinajstić information content (AvgIpc) is 2.80. The zero-order valence-electron chi connectivity index (χ0n) is 9.36. The summed E-state index contributed by atoms with van der Waals surface area (Å²) in [6.07, 6.45) is 4.03. The van der Waals surface area contributed by atoms with Crippen molar-refractivity contribution in [2.75, 3.05) is 25.2 Å². The molecule has 0 atom stereocenters. The van der Waals surface area contributed by atoms with Crippen LogP contribution in [0.2, 0.25) is 0 Å². The third kappa shape index (κ3) is 5.77. The lowest BCUT2D eigenvalue weighted by Gasteiger charge is -2.02. The van der Waals surface area contributed by atoms with Crippen LogP contribution in [0.25, 0.3) is 0 Å². The molecule has 0 aliphatic carbocycles. The second-order valence-corrected chi connectivity index (χ2v) is 4.38. The minimum absolute atomic E-state index is 0.143. The maximum atomic E-state index is 10.8. The van der Waals surface area contributed by atoms with Crippen LogP contribution in [0.5, 0.6) is 0 Å². The smallest absolute Gasteiger partial charge is 0.306 e. The van der Waals surface area contributed by atoms with Crippen LogP contribution in [0.15, 0.2) is 12.4 Å². The average molecular weight is 243 g/mol. The fourth-order valence-electron chi connectivity index (χ4n) is 1.11. The number of carbonyl (C=O) groups is 1. The molecule has 0 spiro atoms. The first-order chi connectivity index (χ1) is 7.83. The molecule has 1 rings (SSSR count). The molecule has 0 bridgehead atoms. The Kier molecular flexibility index (Phi) is 6.67. The number of hydrogen-bond donors (Lipinski definition) is 2. The van der Waals surface area contributed by atoms with Crippen LogP contribution in [0.1, 0.15) is 12.2 Å². The van der Waals surface area contributed by atoms with E-state index in [1.54, 1.807) is 18.0 Å². The molecule has 0 fully saturated rings. The Hall–Kier alpha value is -1.01. The van der Waals surface area contributed by atoms with Crippen LogP contribution < -0.4 is 5.32 Å². The summed E-state index contributed by atoms with van der Waals surface area (Å²) >= 11 is 1.74. The highest BCUT2D eigenvalue weighted by atomic mass is 32.2. The Labute approximate surface area is 99.4 Å². The quantitative estimate of drug-likeness (QED) is 0.522. The number of nitrogens with zero attached hydrogens (tertiary/aromatic N) is 1. The predicted octanol–water partition coefficient (Wildman–Crippen LogP) is 0.796. The number of rotatable bonds is 8. The molecule has 90 valence electrons. The summed E-state index contributed by atoms with van der Waals surface area (Å²) in [5.41, 5.74) is 0. The summed E-state index contributed by atoms with van der Waals surface area (Å²) in [7, 11) is 1.41. The molecular formula is C10H17N3O2S. The van der Waals surface area contributed by atoms with Crippen molar-refractivity contribution in [3.8, 4) is 0 Å². The number of methoxy groups -OCH3 is 1. The third-order valence-corrected chi connectivity index (χ3v) is 2.93. The Morgan fingerprint density at radius 1 is 1.62 bits per heavy atom. The number of nitrogens with one attached hydrogen (secondary N) is 2. The standard InChI is InChI=1S/C10H17N3O2S/c1-15-10(14)2-6-16-7-5-11-8-9-12-3-4-13-9/h3-4,11H,2,5-8H2,1H3,(H,12,13). The maximum Gasteiger partial charge on any atom is 0.306 e. The van der Waals surface area contributed by atoms with Crippen molar-refractivity contribution in [3.63, 3.8) is 0 Å². The van der Waals surface area contributed by atoms with Crippen LogP contribution in [0, 0.1) is 0 Å². The first-order valence-electron chi connectivity index (χ1n) is 5.16. The van der Waals surface area contributed by atoms with Gasteiger partial charge in [0.05, 0.1) is 20.1 Å². The van der Waals surface area contributed by atoms with E-state index in [1.807, 2.05) is 6.20 Å². The highest BCUT2D eigenvalue weighted by Crippen LogP contribution is 2.01. The van der Waals surface area contributed by atoms with Gasteiger partial charge in [-0.25, -0.2) is 4.98 Å². The number of aromatic nitrogens is 2. The van der Waals surface area contributed by atoms with Crippen LogP contribution in [0.3, 0.4) is 0 Å². The van der Waals surface area contributed by atoms with Gasteiger partial charge < -0.3 is 15.0 Å². The van der Waals surface area contributed by atoms with E-state index in [1.165, 1.54) is 7.11 Å². The molecule has 0 saturated carbocycles. The molecular weight excluding hydrogens is 226 g/mol. The molecule has 2 N–H and O–H groups in total. The van der Waals surface area contributed by atoms with E-state index in [4.69, 9.17) is 0 Å². The van der Waals surface area contributed by atoms with E-state index in [-0.39, 0.29) is 5.97 Å². The number of ether oxygens (including phenoxy) is 1. The van der Waals surface area contributed by atoms with Gasteiger partial charge in [-0.15, -0.1) is 0 Å². The zero-order valence-corrected chi connectivity index (χ0v) is 10.2. The van der Waals surface area contributed by atoms with Gasteiger partial charge in [0.15, 0.2) is 0 Å². The summed E-state index contributed by atoms with van der Waals surface area (Å²) in [4.78, 5) is 17.9. The number of imidazole rings is 1. The Bertz CT molecular complexity index is 290. The van der Waals surface area contributed by atoms with Gasteiger partial charge in [-0.3, -0.25) is 4.79 Å². The molecule has 0 aliphatic rings. The number of carbonyl (C=O) groups excluding carboxylic acids is 1. The molecule has 1 aromatic rings. The van der Waals surface area contributed by atoms with Crippen molar-refractivity contribution in [1.29, 1.82) is 0 Å². The monoisotopic (exact) mass is 243 g/mol. The van der Waals surface area contributed by atoms with E-state index in [2.05, 4.69) is 20.0 Å². The number of thioether (sulfide) groups is 1. The van der Waals surface area contributed by atoms with E-state index < -0.39 is 0 Å². The molecule has 0 radical (unpaired) electrons. The number of hydrogen-bond acceptors (Lipinski definition) is 5. The second kappa shape index (κ2) is 8.18. The van der Waals surface area contributed by atoms with Crippen molar-refractivity contribution in [1.82, 2.24) is 15.3 Å². The van der Waals surface area contributed by atoms with Gasteiger partial charge >= 0.3 is 5.97 Å². The van der Waals surface area contributed by atoms with Gasteiger partial charge in [-0.1, -0.05) is 0 Å². The summed E-state index contributed by atoms with van der Waals surface area (Å²) < 4.78 is 4.55. The topological polar surface area (TPSA) is 67.0 Å². The van der Waals surface area contributed by atoms with Crippen molar-refractivity contribution in [3.05, 3.63) is 18.2 Å². The number of H-pyrrole nitrogens is 1. The van der Waals surface area contributed by atoms with Crippen LogP contribution >= 0.6 is 11.8 Å². The fraction of sp³-hybridized carbons (Fsp3) is 0.600. The molecule has 0 aromatic carbocycles. The first kappa shape index (κ1) is 13.1. The van der Waals surface area contributed by atoms with Gasteiger partial charge in [-0.05, 0) is 0 Å². The molecule has 1 aromatic heterocycles. The highest BCUT2D eigenvalue weighted by molar-refractivity contribution is 7.99. The van der Waals surface area contributed by atoms with Crippen molar-refractivity contribution >= 4 is 17.7 Å². The lowest BCUT2D eigenvalue weighted by molar-refractivity contribution is -0.140. The maximum absolute atomic E-state index is 10.8. The van der Waals surface area contributed by atoms with Crippen molar-refractivity contribution in [2.24, 2.45) is 0 Å². The molecule has 16 heavy (non-hydrogen) atoms. The second-order valence-electron chi connectivity index (χ2n) is 3.15. The van der Waals surface area contributed by atoms with Gasteiger partial charge in [-0.2, -0.15) is 11.8 Å². The Balaban J connectivity index is 1.87. The molecule has 0 amide bonds. The molecule has 0 aliphatic heterocycles. The fourth-order valence-corrected chi connectivity index (χ4v) is 1.91. The van der Waals surface area contributed by atoms with E-state index in [0.29, 0.717) is 6.42 Å². The summed E-state index contributed by atoms with van der Waals surface area (Å²) in [6, 6.07) is 0. The van der Waals surface area contributed by atoms with Crippen LogP contribution in [-0.4, -0.2) is 41.1 Å². The van der Waals surface area contributed by atoms with Crippen molar-refractivity contribution < 1.29 is 9.53 Å². The summed E-state index contributed by atoms with van der Waals surface area (Å²) in [5.74, 6) is 2.60. The van der Waals surface area contributed by atoms with E-state index in [9.17, 15) is 4.79 Å². The normalized spacial score (nSPS) is 10.3. The highest BCUT2D eigenvalue weighted by Gasteiger charge is 1.99. The van der Waals surface area contributed by atoms with E-state index in [0.717, 1.165) is 30.4 Å². The minimum Gasteiger partial charge on any atom is -0.469 e. The summed E-state index contributed by atoms with van der Waals surface area (Å²) in [6.45, 7) is 1.66.